The van der Waals surface area contributed by atoms with Crippen LogP contribution in [-0.4, -0.2) is 5.60 Å². The largest absolute Gasteiger partial charge is 0.488 e. The average molecular weight is 199 g/mol. The number of fused-ring (bicyclic) bond motifs is 1. The number of hydrogen-bond acceptors (Lipinski definition) is 1. The van der Waals surface area contributed by atoms with Gasteiger partial charge in [0.25, 0.3) is 0 Å². The number of ether oxygens (including phenoxy) is 1. The van der Waals surface area contributed by atoms with Crippen molar-refractivity contribution < 1.29 is 4.74 Å². The van der Waals surface area contributed by atoms with Gasteiger partial charge in [0.15, 0.2) is 0 Å². The van der Waals surface area contributed by atoms with Gasteiger partial charge < -0.3 is 4.74 Å². The SMILES string of the molecule is CC(C)(C)Oc1cccc2c[c]ccc12. The van der Waals surface area contributed by atoms with Crippen LogP contribution >= 0.6 is 0 Å². The van der Waals surface area contributed by atoms with Gasteiger partial charge in [0.05, 0.1) is 0 Å². The molecule has 0 spiro atoms. The molecule has 0 fully saturated rings. The van der Waals surface area contributed by atoms with Crippen molar-refractivity contribution in [2.75, 3.05) is 0 Å². The summed E-state index contributed by atoms with van der Waals surface area (Å²) in [6.45, 7) is 6.17. The Balaban J connectivity index is 2.52. The van der Waals surface area contributed by atoms with Crippen molar-refractivity contribution >= 4 is 10.8 Å². The molecule has 15 heavy (non-hydrogen) atoms. The van der Waals surface area contributed by atoms with Crippen LogP contribution in [0.5, 0.6) is 5.75 Å². The van der Waals surface area contributed by atoms with Crippen LogP contribution in [0.1, 0.15) is 20.8 Å². The molecular formula is C14H15O. The van der Waals surface area contributed by atoms with Gasteiger partial charge in [-0.15, -0.1) is 0 Å². The number of hydrogen-bond donors (Lipinski definition) is 0. The third-order valence-corrected chi connectivity index (χ3v) is 2.10. The van der Waals surface area contributed by atoms with Gasteiger partial charge in [0, 0.05) is 5.39 Å². The lowest BCUT2D eigenvalue weighted by Gasteiger charge is -2.22. The zero-order chi connectivity index (χ0) is 10.9. The van der Waals surface area contributed by atoms with Crippen LogP contribution in [-0.2, 0) is 0 Å². The van der Waals surface area contributed by atoms with Crippen LogP contribution in [0.15, 0.2) is 36.4 Å². The predicted molar refractivity (Wildman–Crippen MR) is 63.2 cm³/mol. The first-order chi connectivity index (χ1) is 7.06. The second kappa shape index (κ2) is 3.58. The maximum atomic E-state index is 5.90. The van der Waals surface area contributed by atoms with E-state index in [4.69, 9.17) is 4.74 Å². The zero-order valence-corrected chi connectivity index (χ0v) is 9.37. The van der Waals surface area contributed by atoms with Gasteiger partial charge in [0.1, 0.15) is 11.4 Å². The van der Waals surface area contributed by atoms with Crippen LogP contribution in [0.4, 0.5) is 0 Å². The van der Waals surface area contributed by atoms with E-state index in [2.05, 4.69) is 32.9 Å². The molecule has 0 aliphatic carbocycles. The fraction of sp³-hybridized carbons (Fsp3) is 0.286. The van der Waals surface area contributed by atoms with Gasteiger partial charge in [-0.2, -0.15) is 0 Å². The van der Waals surface area contributed by atoms with Gasteiger partial charge in [-0.25, -0.2) is 0 Å². The van der Waals surface area contributed by atoms with Crippen molar-refractivity contribution in [3.63, 3.8) is 0 Å². The summed E-state index contributed by atoms with van der Waals surface area (Å²) < 4.78 is 5.90. The molecule has 0 bridgehead atoms. The Bertz CT molecular complexity index is 461. The third kappa shape index (κ3) is 2.30. The molecule has 1 heteroatoms. The molecule has 1 radical (unpaired) electrons. The van der Waals surface area contributed by atoms with E-state index in [1.807, 2.05) is 30.3 Å². The molecule has 0 N–H and O–H groups in total. The molecular weight excluding hydrogens is 184 g/mol. The van der Waals surface area contributed by atoms with Crippen LogP contribution in [0.25, 0.3) is 10.8 Å². The molecule has 0 saturated carbocycles. The third-order valence-electron chi connectivity index (χ3n) is 2.10. The van der Waals surface area contributed by atoms with E-state index in [1.54, 1.807) is 0 Å². The van der Waals surface area contributed by atoms with Crippen LogP contribution in [0.3, 0.4) is 0 Å². The maximum Gasteiger partial charge on any atom is 0.127 e. The van der Waals surface area contributed by atoms with Crippen molar-refractivity contribution in [3.8, 4) is 5.75 Å². The Morgan fingerprint density at radius 2 is 1.93 bits per heavy atom. The summed E-state index contributed by atoms with van der Waals surface area (Å²) in [4.78, 5) is 0. The highest BCUT2D eigenvalue weighted by atomic mass is 16.5. The standard InChI is InChI=1S/C14H15O/c1-14(2,3)15-13-10-6-8-11-7-4-5-9-12(11)13/h5-10H,1-3H3. The summed E-state index contributed by atoms with van der Waals surface area (Å²) in [6.07, 6.45) is 0. The lowest BCUT2D eigenvalue weighted by atomic mass is 10.1. The van der Waals surface area contributed by atoms with E-state index in [1.165, 1.54) is 5.39 Å². The molecule has 0 saturated heterocycles. The van der Waals surface area contributed by atoms with Gasteiger partial charge in [-0.05, 0) is 44.4 Å². The minimum absolute atomic E-state index is 0.159. The summed E-state index contributed by atoms with van der Waals surface area (Å²) in [5.41, 5.74) is -0.159. The highest BCUT2D eigenvalue weighted by molar-refractivity contribution is 5.88. The molecule has 2 rings (SSSR count). The molecule has 0 aromatic heterocycles. The second-order valence-electron chi connectivity index (χ2n) is 4.62. The molecule has 0 heterocycles. The summed E-state index contributed by atoms with van der Waals surface area (Å²) in [7, 11) is 0. The quantitative estimate of drug-likeness (QED) is 0.678. The molecule has 1 nitrogen and oxygen atoms in total. The van der Waals surface area contributed by atoms with E-state index in [-0.39, 0.29) is 5.60 Å². The normalized spacial score (nSPS) is 11.7. The highest BCUT2D eigenvalue weighted by Crippen LogP contribution is 2.27. The monoisotopic (exact) mass is 199 g/mol. The Labute approximate surface area is 90.7 Å². The lowest BCUT2D eigenvalue weighted by Crippen LogP contribution is -2.23. The van der Waals surface area contributed by atoms with Crippen molar-refractivity contribution in [3.05, 3.63) is 42.5 Å². The Morgan fingerprint density at radius 1 is 1.13 bits per heavy atom. The van der Waals surface area contributed by atoms with Crippen LogP contribution in [0.2, 0.25) is 0 Å². The predicted octanol–water partition coefficient (Wildman–Crippen LogP) is 3.82. The van der Waals surface area contributed by atoms with E-state index in [9.17, 15) is 0 Å². The fourth-order valence-electron chi connectivity index (χ4n) is 1.55. The molecule has 0 unspecified atom stereocenters. The van der Waals surface area contributed by atoms with Gasteiger partial charge in [-0.3, -0.25) is 0 Å². The first kappa shape index (κ1) is 10.0. The van der Waals surface area contributed by atoms with Gasteiger partial charge >= 0.3 is 0 Å². The summed E-state index contributed by atoms with van der Waals surface area (Å²) in [5.74, 6) is 0.939. The molecule has 2 aromatic rings. The molecule has 0 atom stereocenters. The fourth-order valence-corrected chi connectivity index (χ4v) is 1.55. The number of rotatable bonds is 1. The van der Waals surface area contributed by atoms with Crippen LogP contribution < -0.4 is 4.74 Å². The Morgan fingerprint density at radius 3 is 2.67 bits per heavy atom. The second-order valence-corrected chi connectivity index (χ2v) is 4.62. The maximum absolute atomic E-state index is 5.90. The highest BCUT2D eigenvalue weighted by Gasteiger charge is 2.13. The summed E-state index contributed by atoms with van der Waals surface area (Å²) >= 11 is 0. The Kier molecular flexibility index (Phi) is 2.39. The van der Waals surface area contributed by atoms with Crippen molar-refractivity contribution in [2.24, 2.45) is 0 Å². The molecule has 2 aromatic carbocycles. The summed E-state index contributed by atoms with van der Waals surface area (Å²) in [6, 6.07) is 15.1. The van der Waals surface area contributed by atoms with E-state index < -0.39 is 0 Å². The van der Waals surface area contributed by atoms with Crippen molar-refractivity contribution in [1.29, 1.82) is 0 Å². The number of benzene rings is 2. The van der Waals surface area contributed by atoms with E-state index >= 15 is 0 Å². The molecule has 77 valence electrons. The molecule has 0 aliphatic heterocycles. The minimum Gasteiger partial charge on any atom is -0.488 e. The topological polar surface area (TPSA) is 9.23 Å². The van der Waals surface area contributed by atoms with Gasteiger partial charge in [-0.1, -0.05) is 24.3 Å². The summed E-state index contributed by atoms with van der Waals surface area (Å²) in [5, 5.41) is 2.31. The first-order valence-corrected chi connectivity index (χ1v) is 5.14. The van der Waals surface area contributed by atoms with Crippen molar-refractivity contribution in [1.82, 2.24) is 0 Å². The molecule has 0 amide bonds. The zero-order valence-electron chi connectivity index (χ0n) is 9.37. The smallest absolute Gasteiger partial charge is 0.127 e. The van der Waals surface area contributed by atoms with Crippen molar-refractivity contribution in [2.45, 2.75) is 26.4 Å². The Hall–Kier alpha value is -1.50. The van der Waals surface area contributed by atoms with Crippen LogP contribution in [0, 0.1) is 6.07 Å². The van der Waals surface area contributed by atoms with Gasteiger partial charge in [0.2, 0.25) is 0 Å². The molecule has 0 aliphatic rings. The minimum atomic E-state index is -0.159. The lowest BCUT2D eigenvalue weighted by molar-refractivity contribution is 0.133. The van der Waals surface area contributed by atoms with E-state index in [0.717, 1.165) is 11.1 Å². The van der Waals surface area contributed by atoms with E-state index in [0.29, 0.717) is 0 Å². The first-order valence-electron chi connectivity index (χ1n) is 5.14. The average Bonchev–Trinajstić information content (AvgIpc) is 2.16.